The molecule has 4 heteroatoms. The lowest BCUT2D eigenvalue weighted by Gasteiger charge is -2.35. The Morgan fingerprint density at radius 1 is 1.33 bits per heavy atom. The minimum absolute atomic E-state index is 0.519. The largest absolute Gasteiger partial charge is 0.382 e. The maximum absolute atomic E-state index is 5.31. The summed E-state index contributed by atoms with van der Waals surface area (Å²) in [5, 5.41) is 7.48. The zero-order valence-corrected chi connectivity index (χ0v) is 12.9. The van der Waals surface area contributed by atoms with Gasteiger partial charge in [0, 0.05) is 25.8 Å². The van der Waals surface area contributed by atoms with Crippen molar-refractivity contribution in [3.8, 4) is 0 Å². The molecule has 0 aromatic heterocycles. The summed E-state index contributed by atoms with van der Waals surface area (Å²) in [6.07, 6.45) is 6.05. The van der Waals surface area contributed by atoms with Crippen LogP contribution in [0.5, 0.6) is 0 Å². The number of hydrogen-bond acceptors (Lipinski definition) is 2. The summed E-state index contributed by atoms with van der Waals surface area (Å²) in [7, 11) is 0. The summed E-state index contributed by atoms with van der Waals surface area (Å²) < 4.78 is 5.28. The molecule has 0 amide bonds. The number of thiocarbonyl (C=S) groups is 1. The van der Waals surface area contributed by atoms with Crippen molar-refractivity contribution < 1.29 is 4.74 Å². The Bertz CT molecular complexity index is 246. The van der Waals surface area contributed by atoms with Crippen molar-refractivity contribution in [2.75, 3.05) is 19.8 Å². The highest BCUT2D eigenvalue weighted by molar-refractivity contribution is 7.80. The van der Waals surface area contributed by atoms with Gasteiger partial charge in [-0.2, -0.15) is 0 Å². The van der Waals surface area contributed by atoms with Gasteiger partial charge in [0.1, 0.15) is 0 Å². The van der Waals surface area contributed by atoms with Crippen LogP contribution < -0.4 is 10.6 Å². The minimum atomic E-state index is 0.519. The molecule has 1 rings (SSSR count). The number of ether oxygens (including phenoxy) is 1. The maximum atomic E-state index is 5.31. The highest BCUT2D eigenvalue weighted by Crippen LogP contribution is 2.34. The van der Waals surface area contributed by atoms with Crippen molar-refractivity contribution in [2.45, 2.75) is 58.9 Å². The third kappa shape index (κ3) is 6.55. The molecule has 1 fully saturated rings. The molecule has 1 aliphatic carbocycles. The first-order chi connectivity index (χ1) is 8.53. The van der Waals surface area contributed by atoms with Crippen LogP contribution >= 0.6 is 12.2 Å². The third-order valence-corrected chi connectivity index (χ3v) is 3.89. The van der Waals surface area contributed by atoms with E-state index in [0.717, 1.165) is 31.3 Å². The van der Waals surface area contributed by atoms with Crippen LogP contribution in [0, 0.1) is 5.41 Å². The van der Waals surface area contributed by atoms with Crippen LogP contribution in [0.3, 0.4) is 0 Å². The second kappa shape index (κ2) is 7.95. The lowest BCUT2D eigenvalue weighted by molar-refractivity contribution is 0.145. The normalized spacial score (nSPS) is 19.5. The molecule has 0 unspecified atom stereocenters. The average molecular weight is 272 g/mol. The predicted molar refractivity (Wildman–Crippen MR) is 80.9 cm³/mol. The fraction of sp³-hybridized carbons (Fsp3) is 0.929. The Hall–Kier alpha value is -0.350. The molecule has 106 valence electrons. The SMILES string of the molecule is CCOCCCNC(=S)NC1CCC(C)(C)CC1. The zero-order chi connectivity index (χ0) is 13.4. The van der Waals surface area contributed by atoms with Crippen LogP contribution in [0.2, 0.25) is 0 Å². The van der Waals surface area contributed by atoms with E-state index in [1.54, 1.807) is 0 Å². The fourth-order valence-electron chi connectivity index (χ4n) is 2.30. The first-order valence-electron chi connectivity index (χ1n) is 7.15. The first kappa shape index (κ1) is 15.7. The molecule has 18 heavy (non-hydrogen) atoms. The molecule has 0 aromatic rings. The van der Waals surface area contributed by atoms with Gasteiger partial charge >= 0.3 is 0 Å². The van der Waals surface area contributed by atoms with Crippen molar-refractivity contribution in [3.05, 3.63) is 0 Å². The van der Waals surface area contributed by atoms with Crippen molar-refractivity contribution in [3.63, 3.8) is 0 Å². The molecule has 0 radical (unpaired) electrons. The van der Waals surface area contributed by atoms with E-state index in [4.69, 9.17) is 17.0 Å². The van der Waals surface area contributed by atoms with E-state index in [0.29, 0.717) is 11.5 Å². The molecular weight excluding hydrogens is 244 g/mol. The lowest BCUT2D eigenvalue weighted by atomic mass is 9.76. The van der Waals surface area contributed by atoms with Gasteiger partial charge in [-0.05, 0) is 56.7 Å². The van der Waals surface area contributed by atoms with E-state index in [1.807, 2.05) is 6.92 Å². The average Bonchev–Trinajstić information content (AvgIpc) is 2.32. The highest BCUT2D eigenvalue weighted by atomic mass is 32.1. The van der Waals surface area contributed by atoms with Gasteiger partial charge < -0.3 is 15.4 Å². The zero-order valence-electron chi connectivity index (χ0n) is 12.1. The van der Waals surface area contributed by atoms with Gasteiger partial charge in [-0.25, -0.2) is 0 Å². The van der Waals surface area contributed by atoms with Gasteiger partial charge in [-0.1, -0.05) is 13.8 Å². The van der Waals surface area contributed by atoms with Gasteiger partial charge in [0.15, 0.2) is 5.11 Å². The Balaban J connectivity index is 2.06. The molecule has 0 atom stereocenters. The maximum Gasteiger partial charge on any atom is 0.166 e. The molecule has 0 heterocycles. The third-order valence-electron chi connectivity index (χ3n) is 3.63. The highest BCUT2D eigenvalue weighted by Gasteiger charge is 2.26. The van der Waals surface area contributed by atoms with Crippen molar-refractivity contribution in [2.24, 2.45) is 5.41 Å². The lowest BCUT2D eigenvalue weighted by Crippen LogP contribution is -2.44. The molecular formula is C14H28N2OS. The Kier molecular flexibility index (Phi) is 6.94. The topological polar surface area (TPSA) is 33.3 Å². The van der Waals surface area contributed by atoms with Gasteiger partial charge in [-0.15, -0.1) is 0 Å². The Morgan fingerprint density at radius 3 is 2.61 bits per heavy atom. The second-order valence-electron chi connectivity index (χ2n) is 5.89. The number of nitrogens with one attached hydrogen (secondary N) is 2. The van der Waals surface area contributed by atoms with Crippen molar-refractivity contribution >= 4 is 17.3 Å². The van der Waals surface area contributed by atoms with E-state index in [2.05, 4.69) is 24.5 Å². The van der Waals surface area contributed by atoms with Crippen LogP contribution in [-0.2, 0) is 4.74 Å². The van der Waals surface area contributed by atoms with Crippen LogP contribution in [0.15, 0.2) is 0 Å². The standard InChI is InChI=1S/C14H28N2OS/c1-4-17-11-5-10-15-13(18)16-12-6-8-14(2,3)9-7-12/h12H,4-11H2,1-3H3,(H2,15,16,18). The smallest absolute Gasteiger partial charge is 0.166 e. The molecule has 0 aliphatic heterocycles. The van der Waals surface area contributed by atoms with E-state index >= 15 is 0 Å². The molecule has 1 aliphatic rings. The fourth-order valence-corrected chi connectivity index (χ4v) is 2.57. The molecule has 0 spiro atoms. The van der Waals surface area contributed by atoms with Crippen LogP contribution in [0.1, 0.15) is 52.9 Å². The van der Waals surface area contributed by atoms with Crippen LogP contribution in [0.25, 0.3) is 0 Å². The van der Waals surface area contributed by atoms with Crippen LogP contribution in [-0.4, -0.2) is 30.9 Å². The van der Waals surface area contributed by atoms with Gasteiger partial charge in [0.2, 0.25) is 0 Å². The molecule has 0 aromatic carbocycles. The summed E-state index contributed by atoms with van der Waals surface area (Å²) in [4.78, 5) is 0. The number of hydrogen-bond donors (Lipinski definition) is 2. The quantitative estimate of drug-likeness (QED) is 0.575. The molecule has 0 bridgehead atoms. The molecule has 2 N–H and O–H groups in total. The van der Waals surface area contributed by atoms with Crippen molar-refractivity contribution in [1.82, 2.24) is 10.6 Å². The summed E-state index contributed by atoms with van der Waals surface area (Å²) >= 11 is 5.31. The number of rotatable bonds is 6. The predicted octanol–water partition coefficient (Wildman–Crippen LogP) is 2.85. The summed E-state index contributed by atoms with van der Waals surface area (Å²) in [6.45, 7) is 9.22. The monoisotopic (exact) mass is 272 g/mol. The Labute approximate surface area is 117 Å². The second-order valence-corrected chi connectivity index (χ2v) is 6.30. The Morgan fingerprint density at radius 2 is 2.00 bits per heavy atom. The van der Waals surface area contributed by atoms with Gasteiger partial charge in [0.05, 0.1) is 0 Å². The van der Waals surface area contributed by atoms with E-state index in [1.165, 1.54) is 25.7 Å². The van der Waals surface area contributed by atoms with E-state index < -0.39 is 0 Å². The first-order valence-corrected chi connectivity index (χ1v) is 7.56. The molecule has 3 nitrogen and oxygen atoms in total. The molecule has 1 saturated carbocycles. The van der Waals surface area contributed by atoms with Gasteiger partial charge in [-0.3, -0.25) is 0 Å². The molecule has 0 saturated heterocycles. The summed E-state index contributed by atoms with van der Waals surface area (Å²) in [6, 6.07) is 0.560. The summed E-state index contributed by atoms with van der Waals surface area (Å²) in [5.74, 6) is 0. The van der Waals surface area contributed by atoms with Crippen LogP contribution in [0.4, 0.5) is 0 Å². The van der Waals surface area contributed by atoms with E-state index in [9.17, 15) is 0 Å². The minimum Gasteiger partial charge on any atom is -0.382 e. The summed E-state index contributed by atoms with van der Waals surface area (Å²) in [5.41, 5.74) is 0.519. The van der Waals surface area contributed by atoms with Crippen molar-refractivity contribution in [1.29, 1.82) is 0 Å². The van der Waals surface area contributed by atoms with Gasteiger partial charge in [0.25, 0.3) is 0 Å². The van der Waals surface area contributed by atoms with E-state index in [-0.39, 0.29) is 0 Å².